The molecule has 0 aromatic heterocycles. The van der Waals surface area contributed by atoms with Crippen LogP contribution in [-0.4, -0.2) is 48.7 Å². The van der Waals surface area contributed by atoms with Gasteiger partial charge in [0.2, 0.25) is 0 Å². The molecule has 0 aliphatic carbocycles. The smallest absolute Gasteiger partial charge is 0.414 e. The van der Waals surface area contributed by atoms with Crippen LogP contribution in [0.5, 0.6) is 5.75 Å². The van der Waals surface area contributed by atoms with E-state index in [9.17, 15) is 14.0 Å². The Morgan fingerprint density at radius 3 is 2.65 bits per heavy atom. The normalized spacial score (nSPS) is 19.1. The summed E-state index contributed by atoms with van der Waals surface area (Å²) in [6.45, 7) is 3.13. The van der Waals surface area contributed by atoms with Crippen LogP contribution in [0.15, 0.2) is 42.5 Å². The zero-order chi connectivity index (χ0) is 22.0. The highest BCUT2D eigenvalue weighted by Crippen LogP contribution is 2.29. The predicted molar refractivity (Wildman–Crippen MR) is 110 cm³/mol. The second-order valence-corrected chi connectivity index (χ2v) is 7.72. The first-order valence-electron chi connectivity index (χ1n) is 10.2. The van der Waals surface area contributed by atoms with E-state index in [4.69, 9.17) is 14.7 Å². The molecule has 2 heterocycles. The summed E-state index contributed by atoms with van der Waals surface area (Å²) in [4.78, 5) is 27.6. The first-order chi connectivity index (χ1) is 14.9. The minimum absolute atomic E-state index is 0.121. The summed E-state index contributed by atoms with van der Waals surface area (Å²) in [5.41, 5.74) is 1.36. The number of amides is 2. The van der Waals surface area contributed by atoms with Gasteiger partial charge in [-0.1, -0.05) is 6.07 Å². The predicted octanol–water partition coefficient (Wildman–Crippen LogP) is 3.73. The van der Waals surface area contributed by atoms with Gasteiger partial charge >= 0.3 is 6.09 Å². The zero-order valence-corrected chi connectivity index (χ0v) is 17.1. The number of hydrogen-bond acceptors (Lipinski definition) is 5. The van der Waals surface area contributed by atoms with Crippen LogP contribution in [-0.2, 0) is 4.74 Å². The number of anilines is 1. The number of halogens is 1. The number of carbonyl (C=O) groups is 2. The SMILES string of the molecule is CC1CN(c2ccc(OC3CCN(C(=O)c4cccc(C#N)c4)CC3)c(F)c2)C(=O)O1. The van der Waals surface area contributed by atoms with Crippen molar-refractivity contribution < 1.29 is 23.5 Å². The van der Waals surface area contributed by atoms with Crippen LogP contribution in [0.1, 0.15) is 35.7 Å². The van der Waals surface area contributed by atoms with E-state index in [0.717, 1.165) is 0 Å². The number of ether oxygens (including phenoxy) is 2. The standard InChI is InChI=1S/C23H22FN3O4/c1-15-14-27(23(29)30-15)18-5-6-21(20(24)12-18)31-19-7-9-26(10-8-19)22(28)17-4-2-3-16(11-17)13-25/h2-6,11-12,15,19H,7-10,14H2,1H3. The lowest BCUT2D eigenvalue weighted by atomic mass is 10.1. The number of nitriles is 1. The van der Waals surface area contributed by atoms with E-state index in [1.54, 1.807) is 42.2 Å². The Hall–Kier alpha value is -3.60. The lowest BCUT2D eigenvalue weighted by Gasteiger charge is -2.32. The Balaban J connectivity index is 1.35. The van der Waals surface area contributed by atoms with E-state index >= 15 is 0 Å². The van der Waals surface area contributed by atoms with Crippen molar-refractivity contribution in [3.63, 3.8) is 0 Å². The van der Waals surface area contributed by atoms with Gasteiger partial charge in [-0.2, -0.15) is 5.26 Å². The molecule has 0 spiro atoms. The molecule has 4 rings (SSSR count). The van der Waals surface area contributed by atoms with Crippen LogP contribution in [0, 0.1) is 17.1 Å². The summed E-state index contributed by atoms with van der Waals surface area (Å²) in [5, 5.41) is 9.01. The van der Waals surface area contributed by atoms with Crippen LogP contribution in [0.2, 0.25) is 0 Å². The Kier molecular flexibility index (Phi) is 5.76. The van der Waals surface area contributed by atoms with Gasteiger partial charge in [0.25, 0.3) is 5.91 Å². The molecule has 2 fully saturated rings. The van der Waals surface area contributed by atoms with E-state index in [1.165, 1.54) is 17.0 Å². The number of hydrogen-bond donors (Lipinski definition) is 0. The van der Waals surface area contributed by atoms with Gasteiger partial charge < -0.3 is 14.4 Å². The van der Waals surface area contributed by atoms with Crippen molar-refractivity contribution in [1.82, 2.24) is 4.90 Å². The third kappa shape index (κ3) is 4.45. The van der Waals surface area contributed by atoms with Gasteiger partial charge in [-0.3, -0.25) is 9.69 Å². The molecule has 2 aliphatic heterocycles. The van der Waals surface area contributed by atoms with Gasteiger partial charge in [-0.05, 0) is 37.3 Å². The monoisotopic (exact) mass is 423 g/mol. The Labute approximate surface area is 179 Å². The molecule has 2 amide bonds. The largest absolute Gasteiger partial charge is 0.487 e. The Morgan fingerprint density at radius 1 is 1.23 bits per heavy atom. The van der Waals surface area contributed by atoms with E-state index in [0.29, 0.717) is 49.3 Å². The van der Waals surface area contributed by atoms with Gasteiger partial charge in [0.05, 0.1) is 23.9 Å². The molecule has 2 aromatic rings. The highest BCUT2D eigenvalue weighted by molar-refractivity contribution is 5.94. The molecule has 1 atom stereocenters. The first-order valence-corrected chi connectivity index (χ1v) is 10.2. The maximum absolute atomic E-state index is 14.6. The molecular weight excluding hydrogens is 401 g/mol. The molecule has 0 radical (unpaired) electrons. The summed E-state index contributed by atoms with van der Waals surface area (Å²) in [6, 6.07) is 13.1. The number of nitrogens with zero attached hydrogens (tertiary/aromatic N) is 3. The molecule has 2 aliphatic rings. The Morgan fingerprint density at radius 2 is 2.00 bits per heavy atom. The quantitative estimate of drug-likeness (QED) is 0.748. The van der Waals surface area contributed by atoms with Gasteiger partial charge in [-0.15, -0.1) is 0 Å². The highest BCUT2D eigenvalue weighted by atomic mass is 19.1. The number of cyclic esters (lactones) is 1. The fourth-order valence-corrected chi connectivity index (χ4v) is 3.83. The number of carbonyl (C=O) groups excluding carboxylic acids is 2. The molecule has 8 heteroatoms. The number of likely N-dealkylation sites (tertiary alicyclic amines) is 1. The third-order valence-electron chi connectivity index (χ3n) is 5.45. The van der Waals surface area contributed by atoms with Crippen molar-refractivity contribution in [3.8, 4) is 11.8 Å². The lowest BCUT2D eigenvalue weighted by molar-refractivity contribution is 0.0588. The summed E-state index contributed by atoms with van der Waals surface area (Å²) >= 11 is 0. The average Bonchev–Trinajstić information content (AvgIpc) is 3.13. The third-order valence-corrected chi connectivity index (χ3v) is 5.45. The second-order valence-electron chi connectivity index (χ2n) is 7.72. The van der Waals surface area contributed by atoms with Crippen molar-refractivity contribution in [2.45, 2.75) is 32.0 Å². The summed E-state index contributed by atoms with van der Waals surface area (Å²) in [5.74, 6) is -0.551. The van der Waals surface area contributed by atoms with Crippen molar-refractivity contribution in [2.24, 2.45) is 0 Å². The Bertz CT molecular complexity index is 1040. The summed E-state index contributed by atoms with van der Waals surface area (Å²) < 4.78 is 25.5. The molecule has 160 valence electrons. The van der Waals surface area contributed by atoms with Crippen molar-refractivity contribution in [2.75, 3.05) is 24.5 Å². The molecule has 31 heavy (non-hydrogen) atoms. The minimum Gasteiger partial charge on any atom is -0.487 e. The molecule has 0 saturated carbocycles. The molecule has 2 aromatic carbocycles. The summed E-state index contributed by atoms with van der Waals surface area (Å²) in [7, 11) is 0. The molecule has 2 saturated heterocycles. The van der Waals surface area contributed by atoms with Crippen molar-refractivity contribution >= 4 is 17.7 Å². The number of rotatable bonds is 4. The van der Waals surface area contributed by atoms with Gasteiger partial charge in [-0.25, -0.2) is 9.18 Å². The van der Waals surface area contributed by atoms with Crippen LogP contribution < -0.4 is 9.64 Å². The van der Waals surface area contributed by atoms with Crippen LogP contribution in [0.4, 0.5) is 14.9 Å². The first kappa shape index (κ1) is 20.7. The summed E-state index contributed by atoms with van der Waals surface area (Å²) in [6.07, 6.45) is 0.202. The number of benzene rings is 2. The zero-order valence-electron chi connectivity index (χ0n) is 17.1. The van der Waals surface area contributed by atoms with Crippen LogP contribution in [0.3, 0.4) is 0 Å². The minimum atomic E-state index is -0.545. The van der Waals surface area contributed by atoms with E-state index in [-0.39, 0.29) is 23.9 Å². The lowest BCUT2D eigenvalue weighted by Crippen LogP contribution is -2.41. The second kappa shape index (κ2) is 8.64. The fourth-order valence-electron chi connectivity index (χ4n) is 3.83. The molecule has 0 N–H and O–H groups in total. The van der Waals surface area contributed by atoms with Gasteiger partial charge in [0.15, 0.2) is 11.6 Å². The van der Waals surface area contributed by atoms with Crippen molar-refractivity contribution in [3.05, 3.63) is 59.4 Å². The van der Waals surface area contributed by atoms with Crippen LogP contribution >= 0.6 is 0 Å². The fraction of sp³-hybridized carbons (Fsp3) is 0.348. The molecule has 0 bridgehead atoms. The molecular formula is C23H22FN3O4. The maximum atomic E-state index is 14.6. The molecule has 1 unspecified atom stereocenters. The van der Waals surface area contributed by atoms with Gasteiger partial charge in [0.1, 0.15) is 12.2 Å². The van der Waals surface area contributed by atoms with E-state index < -0.39 is 11.9 Å². The van der Waals surface area contributed by atoms with Crippen LogP contribution in [0.25, 0.3) is 0 Å². The van der Waals surface area contributed by atoms with Crippen molar-refractivity contribution in [1.29, 1.82) is 5.26 Å². The average molecular weight is 423 g/mol. The van der Waals surface area contributed by atoms with E-state index in [2.05, 4.69) is 0 Å². The topological polar surface area (TPSA) is 82.9 Å². The van der Waals surface area contributed by atoms with Gasteiger partial charge in [0, 0.05) is 37.6 Å². The maximum Gasteiger partial charge on any atom is 0.414 e. The van der Waals surface area contributed by atoms with E-state index in [1.807, 2.05) is 6.07 Å². The number of piperidine rings is 1. The highest BCUT2D eigenvalue weighted by Gasteiger charge is 2.30. The molecule has 7 nitrogen and oxygen atoms in total.